The third kappa shape index (κ3) is 3.86. The van der Waals surface area contributed by atoms with Gasteiger partial charge in [-0.25, -0.2) is 4.39 Å². The molecule has 1 unspecified atom stereocenters. The van der Waals surface area contributed by atoms with E-state index >= 15 is 0 Å². The fraction of sp³-hybridized carbons (Fsp3) is 0.720. The van der Waals surface area contributed by atoms with Crippen LogP contribution in [0.25, 0.3) is 0 Å². The molecule has 1 aromatic carbocycles. The van der Waals surface area contributed by atoms with E-state index in [2.05, 4.69) is 22.0 Å². The zero-order valence-electron chi connectivity index (χ0n) is 19.8. The molecule has 1 N–H and O–H groups in total. The van der Waals surface area contributed by atoms with Crippen molar-refractivity contribution < 1.29 is 10.6 Å². The number of carbonyl (C=O) groups excluding carboxylic acids is 1. The highest BCUT2D eigenvalue weighted by atomic mass is 19.1. The second-order valence-electron chi connectivity index (χ2n) is 9.96. The first-order valence-corrected chi connectivity index (χ1v) is 12.2. The van der Waals surface area contributed by atoms with Crippen molar-refractivity contribution in [1.29, 1.82) is 0 Å². The van der Waals surface area contributed by atoms with Crippen LogP contribution < -0.4 is 15.1 Å². The summed E-state index contributed by atoms with van der Waals surface area (Å²) in [5, 5.41) is 3.35. The summed E-state index contributed by atoms with van der Waals surface area (Å²) in [4.78, 5) is 19.8. The maximum atomic E-state index is 14.2. The number of nitrogens with one attached hydrogen (secondary N) is 1. The number of hydrogen-bond acceptors (Lipinski definition) is 4. The second-order valence-corrected chi connectivity index (χ2v) is 9.96. The Kier molecular flexibility index (Phi) is 5.61. The summed E-state index contributed by atoms with van der Waals surface area (Å²) in [5.41, 5.74) is 1.94. The van der Waals surface area contributed by atoms with Crippen molar-refractivity contribution in [3.8, 4) is 0 Å². The van der Waals surface area contributed by atoms with E-state index in [1.54, 1.807) is 0 Å². The number of hydrogen-bond donors (Lipinski definition) is 1. The monoisotopic (exact) mass is 430 g/mol. The van der Waals surface area contributed by atoms with E-state index in [1.807, 2.05) is 23.1 Å². The minimum Gasteiger partial charge on any atom is -0.370 e. The Labute approximate surface area is 187 Å². The average molecular weight is 431 g/mol. The van der Waals surface area contributed by atoms with Crippen LogP contribution in [0, 0.1) is 5.41 Å². The fourth-order valence-corrected chi connectivity index (χ4v) is 6.25. The highest BCUT2D eigenvalue weighted by Gasteiger charge is 2.47. The molecule has 0 aliphatic carbocycles. The molecule has 4 aliphatic rings. The van der Waals surface area contributed by atoms with Gasteiger partial charge < -0.3 is 15.1 Å². The number of nitrogens with zero attached hydrogens (tertiary/aromatic N) is 3. The van der Waals surface area contributed by atoms with Gasteiger partial charge in [-0.3, -0.25) is 9.69 Å². The van der Waals surface area contributed by atoms with Crippen LogP contribution in [0.1, 0.15) is 58.8 Å². The number of anilines is 2. The molecule has 1 spiro atoms. The van der Waals surface area contributed by atoms with Gasteiger partial charge in [0.1, 0.15) is 6.67 Å². The molecule has 4 saturated heterocycles. The van der Waals surface area contributed by atoms with Gasteiger partial charge in [-0.2, -0.15) is 0 Å². The molecule has 170 valence electrons. The third-order valence-electron chi connectivity index (χ3n) is 8.20. The molecule has 31 heavy (non-hydrogen) atoms. The van der Waals surface area contributed by atoms with Crippen molar-refractivity contribution in [3.63, 3.8) is 0 Å². The first-order chi connectivity index (χ1) is 15.5. The summed E-state index contributed by atoms with van der Waals surface area (Å²) < 4.78 is 23.1. The van der Waals surface area contributed by atoms with Crippen LogP contribution in [0.4, 0.5) is 15.8 Å². The second kappa shape index (κ2) is 8.70. The number of likely N-dealkylation sites (tertiary alicyclic amines) is 1. The van der Waals surface area contributed by atoms with Gasteiger partial charge >= 0.3 is 0 Å². The summed E-state index contributed by atoms with van der Waals surface area (Å²) >= 11 is 0. The van der Waals surface area contributed by atoms with Crippen LogP contribution in [-0.2, 0) is 11.5 Å². The van der Waals surface area contributed by atoms with Gasteiger partial charge in [-0.05, 0) is 83.3 Å². The van der Waals surface area contributed by atoms with Crippen molar-refractivity contribution in [2.75, 3.05) is 49.0 Å². The fourth-order valence-electron chi connectivity index (χ4n) is 6.25. The quantitative estimate of drug-likeness (QED) is 0.790. The van der Waals surface area contributed by atoms with Crippen molar-refractivity contribution in [1.82, 2.24) is 10.2 Å². The van der Waals surface area contributed by atoms with Crippen LogP contribution in [0.2, 0.25) is 0 Å². The molecule has 0 bridgehead atoms. The SMILES string of the molecule is [3H]C1[C@@H](N2CCCC[C@@H]2C)CCN1c1ccc(N2CCC3(CCNCC3)C2=O)c(CF)c1. The van der Waals surface area contributed by atoms with Gasteiger partial charge in [0.05, 0.1) is 6.79 Å². The average Bonchev–Trinajstić information content (AvgIpc) is 3.34. The lowest BCUT2D eigenvalue weighted by atomic mass is 9.77. The van der Waals surface area contributed by atoms with Crippen molar-refractivity contribution in [3.05, 3.63) is 23.8 Å². The predicted molar refractivity (Wildman–Crippen MR) is 123 cm³/mol. The lowest BCUT2D eigenvalue weighted by Crippen LogP contribution is -2.46. The topological polar surface area (TPSA) is 38.8 Å². The minimum atomic E-state index is -0.593. The number of rotatable bonds is 4. The summed E-state index contributed by atoms with van der Waals surface area (Å²) in [5.74, 6) is 0.167. The van der Waals surface area contributed by atoms with E-state index in [4.69, 9.17) is 1.37 Å². The molecule has 6 heteroatoms. The smallest absolute Gasteiger partial charge is 0.233 e. The Hall–Kier alpha value is -1.66. The van der Waals surface area contributed by atoms with Crippen molar-refractivity contribution in [2.24, 2.45) is 5.41 Å². The van der Waals surface area contributed by atoms with Crippen LogP contribution in [0.3, 0.4) is 0 Å². The normalized spacial score (nSPS) is 32.1. The molecule has 3 atom stereocenters. The molecule has 4 heterocycles. The molecule has 5 nitrogen and oxygen atoms in total. The number of piperidine rings is 2. The highest BCUT2D eigenvalue weighted by Crippen LogP contribution is 2.43. The molecule has 0 saturated carbocycles. The van der Waals surface area contributed by atoms with E-state index in [0.717, 1.165) is 63.2 Å². The van der Waals surface area contributed by atoms with Crippen LogP contribution in [0.5, 0.6) is 0 Å². The number of benzene rings is 1. The zero-order valence-corrected chi connectivity index (χ0v) is 18.8. The molecule has 1 aromatic rings. The van der Waals surface area contributed by atoms with E-state index in [0.29, 0.717) is 18.2 Å². The lowest BCUT2D eigenvalue weighted by Gasteiger charge is -2.38. The Morgan fingerprint density at radius 3 is 2.77 bits per heavy atom. The Morgan fingerprint density at radius 1 is 1.16 bits per heavy atom. The predicted octanol–water partition coefficient (Wildman–Crippen LogP) is 3.72. The zero-order chi connectivity index (χ0) is 22.3. The molecular weight excluding hydrogens is 391 g/mol. The summed E-state index contributed by atoms with van der Waals surface area (Å²) in [6.07, 6.45) is 7.29. The van der Waals surface area contributed by atoms with Gasteiger partial charge in [0.15, 0.2) is 0 Å². The van der Waals surface area contributed by atoms with E-state index < -0.39 is 6.67 Å². The maximum Gasteiger partial charge on any atom is 0.233 e. The van der Waals surface area contributed by atoms with Crippen LogP contribution >= 0.6 is 0 Å². The summed E-state index contributed by atoms with van der Waals surface area (Å²) in [7, 11) is 0. The largest absolute Gasteiger partial charge is 0.370 e. The number of carbonyl (C=O) groups is 1. The molecule has 5 rings (SSSR count). The molecule has 4 aliphatic heterocycles. The number of alkyl halides is 1. The highest BCUT2D eigenvalue weighted by molar-refractivity contribution is 6.00. The van der Waals surface area contributed by atoms with Gasteiger partial charge in [0.2, 0.25) is 5.91 Å². The molecule has 1 amide bonds. The van der Waals surface area contributed by atoms with E-state index in [-0.39, 0.29) is 23.9 Å². The van der Waals surface area contributed by atoms with Crippen molar-refractivity contribution in [2.45, 2.75) is 70.6 Å². The van der Waals surface area contributed by atoms with Crippen LogP contribution in [0.15, 0.2) is 18.2 Å². The first kappa shape index (κ1) is 20.0. The Morgan fingerprint density at radius 2 is 2.00 bits per heavy atom. The van der Waals surface area contributed by atoms with Gasteiger partial charge in [0, 0.05) is 48.6 Å². The van der Waals surface area contributed by atoms with E-state index in [1.165, 1.54) is 19.3 Å². The number of amides is 1. The Bertz CT molecular complexity index is 845. The maximum absolute atomic E-state index is 14.2. The summed E-state index contributed by atoms with van der Waals surface area (Å²) in [6.45, 7) is 5.70. The minimum absolute atomic E-state index is 0.167. The van der Waals surface area contributed by atoms with Gasteiger partial charge in [-0.15, -0.1) is 0 Å². The number of halogens is 1. The van der Waals surface area contributed by atoms with E-state index in [9.17, 15) is 9.18 Å². The summed E-state index contributed by atoms with van der Waals surface area (Å²) in [6, 6.07) is 6.58. The molecular formula is C25H37FN4O. The van der Waals surface area contributed by atoms with Gasteiger partial charge in [0.25, 0.3) is 0 Å². The third-order valence-corrected chi connectivity index (χ3v) is 8.20. The standard InChI is InChI=1S/C25H37FN4O/c1-19-4-2-3-13-29(19)22-7-14-28(18-22)21-5-6-23(20(16-21)17-26)30-15-10-25(24(30)31)8-11-27-12-9-25/h5-6,16,19,22,27H,2-4,7-15,17-18H2,1H3/t19-,22-/m0/s1/i18T/t18?,19-,22-. The lowest BCUT2D eigenvalue weighted by molar-refractivity contribution is -0.126. The molecule has 0 radical (unpaired) electrons. The molecule has 4 fully saturated rings. The first-order valence-electron chi connectivity index (χ1n) is 12.8. The van der Waals surface area contributed by atoms with Crippen molar-refractivity contribution >= 4 is 17.3 Å². The van der Waals surface area contributed by atoms with Gasteiger partial charge in [-0.1, -0.05) is 6.42 Å². The Balaban J connectivity index is 1.34. The van der Waals surface area contributed by atoms with Crippen LogP contribution in [-0.4, -0.2) is 62.1 Å². The molecule has 0 aromatic heterocycles.